The van der Waals surface area contributed by atoms with Gasteiger partial charge < -0.3 is 25.8 Å². The van der Waals surface area contributed by atoms with Crippen LogP contribution in [0.15, 0.2) is 52.9 Å². The van der Waals surface area contributed by atoms with Gasteiger partial charge in [-0.25, -0.2) is 4.98 Å². The maximum atomic E-state index is 12.9. The summed E-state index contributed by atoms with van der Waals surface area (Å²) in [5, 5.41) is 22.9. The van der Waals surface area contributed by atoms with Crippen LogP contribution >= 0.6 is 11.3 Å². The van der Waals surface area contributed by atoms with Crippen LogP contribution in [0.25, 0.3) is 6.08 Å². The van der Waals surface area contributed by atoms with Crippen molar-refractivity contribution < 1.29 is 19.4 Å². The first-order valence-corrected chi connectivity index (χ1v) is 10.8. The molecule has 0 saturated heterocycles. The Morgan fingerprint density at radius 1 is 1.25 bits per heavy atom. The molecule has 2 aromatic heterocycles. The quantitative estimate of drug-likeness (QED) is 0.459. The van der Waals surface area contributed by atoms with E-state index in [1.165, 1.54) is 7.11 Å². The molecule has 9 heteroatoms. The molecule has 164 valence electrons. The molecule has 3 heterocycles. The smallest absolute Gasteiger partial charge is 0.256 e. The first-order valence-electron chi connectivity index (χ1n) is 9.86. The predicted octanol–water partition coefficient (Wildman–Crippen LogP) is 3.16. The number of carbonyl (C=O) groups excluding carboxylic acids is 2. The summed E-state index contributed by atoms with van der Waals surface area (Å²) in [4.78, 5) is 29.6. The van der Waals surface area contributed by atoms with Crippen molar-refractivity contribution in [1.82, 2.24) is 10.3 Å². The van der Waals surface area contributed by atoms with E-state index in [9.17, 15) is 14.7 Å². The Bertz CT molecular complexity index is 1190. The lowest BCUT2D eigenvalue weighted by molar-refractivity contribution is -0.113. The van der Waals surface area contributed by atoms with Crippen molar-refractivity contribution >= 4 is 40.6 Å². The zero-order valence-corrected chi connectivity index (χ0v) is 18.3. The van der Waals surface area contributed by atoms with Gasteiger partial charge in [-0.15, -0.1) is 0 Å². The highest BCUT2D eigenvalue weighted by Gasteiger charge is 2.25. The number of nitrogens with zero attached hydrogens (tertiary/aromatic N) is 1. The summed E-state index contributed by atoms with van der Waals surface area (Å²) in [6.45, 7) is 2.26. The molecule has 0 aliphatic carbocycles. The van der Waals surface area contributed by atoms with Gasteiger partial charge in [-0.05, 0) is 53.1 Å². The molecule has 1 aliphatic rings. The number of anilines is 2. The molecule has 32 heavy (non-hydrogen) atoms. The molecular formula is C23H22N4O4S. The lowest BCUT2D eigenvalue weighted by Gasteiger charge is -2.24. The number of ether oxygens (including phenoxy) is 1. The Kier molecular flexibility index (Phi) is 6.20. The molecular weight excluding hydrogens is 428 g/mol. The Balaban J connectivity index is 1.50. The Morgan fingerprint density at radius 2 is 2.09 bits per heavy atom. The number of benzene rings is 1. The second-order valence-corrected chi connectivity index (χ2v) is 8.04. The number of thiophene rings is 1. The molecule has 1 aliphatic heterocycles. The topological polar surface area (TPSA) is 113 Å². The van der Waals surface area contributed by atoms with E-state index < -0.39 is 12.1 Å². The molecule has 0 saturated carbocycles. The minimum Gasteiger partial charge on any atom is -0.481 e. The number of pyridine rings is 1. The van der Waals surface area contributed by atoms with Gasteiger partial charge in [0.05, 0.1) is 18.4 Å². The number of aromatic nitrogens is 1. The van der Waals surface area contributed by atoms with E-state index in [2.05, 4.69) is 20.9 Å². The van der Waals surface area contributed by atoms with E-state index in [1.54, 1.807) is 47.9 Å². The fourth-order valence-corrected chi connectivity index (χ4v) is 3.90. The van der Waals surface area contributed by atoms with Crippen molar-refractivity contribution in [3.63, 3.8) is 0 Å². The predicted molar refractivity (Wildman–Crippen MR) is 124 cm³/mol. The van der Waals surface area contributed by atoms with Crippen molar-refractivity contribution in [3.8, 4) is 5.88 Å². The SMILES string of the molecule is COc1cc2c(cn1)C=C(C(=O)Nc1cc(C(=O)NCc3ccsc3)ccc1C)C(O)N2. The zero-order valence-electron chi connectivity index (χ0n) is 17.5. The zero-order chi connectivity index (χ0) is 22.7. The number of aliphatic hydroxyl groups excluding tert-OH is 1. The molecule has 8 nitrogen and oxygen atoms in total. The molecule has 4 N–H and O–H groups in total. The normalized spacial score (nSPS) is 14.6. The maximum Gasteiger partial charge on any atom is 0.256 e. The highest BCUT2D eigenvalue weighted by atomic mass is 32.1. The van der Waals surface area contributed by atoms with Crippen molar-refractivity contribution in [1.29, 1.82) is 0 Å². The minimum atomic E-state index is -1.20. The first-order chi connectivity index (χ1) is 15.4. The van der Waals surface area contributed by atoms with Crippen LogP contribution < -0.4 is 20.7 Å². The van der Waals surface area contributed by atoms with Crippen molar-refractivity contribution in [3.05, 3.63) is 75.1 Å². The summed E-state index contributed by atoms with van der Waals surface area (Å²) in [5.41, 5.74) is 4.14. The number of methoxy groups -OCH3 is 1. The highest BCUT2D eigenvalue weighted by Crippen LogP contribution is 2.29. The molecule has 1 atom stereocenters. The Hall–Kier alpha value is -3.69. The number of aryl methyl sites for hydroxylation is 1. The lowest BCUT2D eigenvalue weighted by atomic mass is 10.0. The third-order valence-corrected chi connectivity index (χ3v) is 5.79. The van der Waals surface area contributed by atoms with Gasteiger partial charge in [0, 0.05) is 35.6 Å². The van der Waals surface area contributed by atoms with Crippen LogP contribution in [0.4, 0.5) is 11.4 Å². The van der Waals surface area contributed by atoms with Gasteiger partial charge in [-0.3, -0.25) is 9.59 Å². The van der Waals surface area contributed by atoms with Gasteiger partial charge in [-0.1, -0.05) is 6.07 Å². The summed E-state index contributed by atoms with van der Waals surface area (Å²) in [6.07, 6.45) is 1.93. The summed E-state index contributed by atoms with van der Waals surface area (Å²) in [6, 6.07) is 8.70. The minimum absolute atomic E-state index is 0.135. The van der Waals surface area contributed by atoms with Gasteiger partial charge in [-0.2, -0.15) is 11.3 Å². The standard InChI is InChI=1S/C23H22N4O4S/c1-13-3-4-15(21(28)25-10-14-5-6-32-12-14)8-18(13)26-22(29)17-7-16-11-24-20(31-2)9-19(16)27-23(17)30/h3-9,11-12,23,27,30H,10H2,1-2H3,(H,25,28)(H,26,29). The number of nitrogens with one attached hydrogen (secondary N) is 3. The van der Waals surface area contributed by atoms with Crippen LogP contribution in [0.1, 0.15) is 27.0 Å². The lowest BCUT2D eigenvalue weighted by Crippen LogP contribution is -2.32. The third kappa shape index (κ3) is 4.63. The molecule has 1 unspecified atom stereocenters. The number of amides is 2. The number of hydrogen-bond donors (Lipinski definition) is 4. The van der Waals surface area contributed by atoms with Gasteiger partial charge >= 0.3 is 0 Å². The van der Waals surface area contributed by atoms with E-state index >= 15 is 0 Å². The number of hydrogen-bond acceptors (Lipinski definition) is 7. The van der Waals surface area contributed by atoms with Crippen LogP contribution in [0.3, 0.4) is 0 Å². The van der Waals surface area contributed by atoms with E-state index in [0.29, 0.717) is 34.9 Å². The van der Waals surface area contributed by atoms with Crippen LogP contribution in [-0.2, 0) is 11.3 Å². The van der Waals surface area contributed by atoms with E-state index in [0.717, 1.165) is 11.1 Å². The second-order valence-electron chi connectivity index (χ2n) is 7.26. The number of carbonyl (C=O) groups is 2. The van der Waals surface area contributed by atoms with Crippen LogP contribution in [0, 0.1) is 6.92 Å². The summed E-state index contributed by atoms with van der Waals surface area (Å²) >= 11 is 1.57. The summed E-state index contributed by atoms with van der Waals surface area (Å²) in [7, 11) is 1.50. The Labute approximate surface area is 189 Å². The number of rotatable bonds is 6. The molecule has 1 aromatic carbocycles. The fraction of sp³-hybridized carbons (Fsp3) is 0.174. The molecule has 0 fully saturated rings. The van der Waals surface area contributed by atoms with Crippen molar-refractivity contribution in [2.45, 2.75) is 19.7 Å². The average Bonchev–Trinajstić information content (AvgIpc) is 3.31. The van der Waals surface area contributed by atoms with Crippen LogP contribution in [0.5, 0.6) is 5.88 Å². The van der Waals surface area contributed by atoms with Gasteiger partial charge in [0.15, 0.2) is 6.23 Å². The monoisotopic (exact) mass is 450 g/mol. The fourth-order valence-electron chi connectivity index (χ4n) is 3.23. The molecule has 4 rings (SSSR count). The molecule has 0 spiro atoms. The second kappa shape index (κ2) is 9.21. The molecule has 3 aromatic rings. The summed E-state index contributed by atoms with van der Waals surface area (Å²) < 4.78 is 5.09. The number of aliphatic hydroxyl groups is 1. The third-order valence-electron chi connectivity index (χ3n) is 5.06. The van der Waals surface area contributed by atoms with Gasteiger partial charge in [0.25, 0.3) is 11.8 Å². The summed E-state index contributed by atoms with van der Waals surface area (Å²) in [5.74, 6) is -0.320. The van der Waals surface area contributed by atoms with Gasteiger partial charge in [0.2, 0.25) is 5.88 Å². The van der Waals surface area contributed by atoms with E-state index in [1.807, 2.05) is 23.8 Å². The molecule has 2 amide bonds. The first kappa shape index (κ1) is 21.5. The van der Waals surface area contributed by atoms with Crippen LogP contribution in [-0.4, -0.2) is 35.2 Å². The largest absolute Gasteiger partial charge is 0.481 e. The van der Waals surface area contributed by atoms with E-state index in [-0.39, 0.29) is 11.5 Å². The van der Waals surface area contributed by atoms with Crippen molar-refractivity contribution in [2.75, 3.05) is 17.7 Å². The highest BCUT2D eigenvalue weighted by molar-refractivity contribution is 7.07. The Morgan fingerprint density at radius 3 is 2.84 bits per heavy atom. The molecule has 0 bridgehead atoms. The van der Waals surface area contributed by atoms with Crippen LogP contribution in [0.2, 0.25) is 0 Å². The maximum absolute atomic E-state index is 12.9. The average molecular weight is 451 g/mol. The molecule has 0 radical (unpaired) electrons. The van der Waals surface area contributed by atoms with Crippen molar-refractivity contribution in [2.24, 2.45) is 0 Å². The van der Waals surface area contributed by atoms with E-state index in [4.69, 9.17) is 4.74 Å². The number of fused-ring (bicyclic) bond motifs is 1. The van der Waals surface area contributed by atoms with Gasteiger partial charge in [0.1, 0.15) is 0 Å².